The predicted octanol–water partition coefficient (Wildman–Crippen LogP) is 3.12. The highest BCUT2D eigenvalue weighted by Gasteiger charge is 2.34. The van der Waals surface area contributed by atoms with E-state index in [0.717, 1.165) is 12.1 Å². The Morgan fingerprint density at radius 1 is 1.05 bits per heavy atom. The van der Waals surface area contributed by atoms with E-state index in [1.807, 2.05) is 0 Å². The molecule has 8 heteroatoms. The van der Waals surface area contributed by atoms with E-state index in [0.29, 0.717) is 0 Å². The van der Waals surface area contributed by atoms with Gasteiger partial charge in [-0.2, -0.15) is 13.2 Å². The summed E-state index contributed by atoms with van der Waals surface area (Å²) in [7, 11) is 0. The summed E-state index contributed by atoms with van der Waals surface area (Å²) < 4.78 is 39.1. The van der Waals surface area contributed by atoms with Crippen molar-refractivity contribution in [2.24, 2.45) is 0 Å². The van der Waals surface area contributed by atoms with Gasteiger partial charge in [-0.05, 0) is 18.2 Å². The van der Waals surface area contributed by atoms with Gasteiger partial charge >= 0.3 is 6.18 Å². The first-order chi connectivity index (χ1) is 10.4. The molecule has 0 spiro atoms. The van der Waals surface area contributed by atoms with Crippen molar-refractivity contribution in [2.75, 3.05) is 0 Å². The third-order valence-electron chi connectivity index (χ3n) is 3.00. The fraction of sp³-hybridized carbons (Fsp3) is 0.0714. The molecule has 0 fully saturated rings. The van der Waals surface area contributed by atoms with Gasteiger partial charge in [0.2, 0.25) is 5.88 Å². The zero-order chi connectivity index (χ0) is 15.9. The molecule has 3 aromatic heterocycles. The molecule has 0 aromatic carbocycles. The number of aromatic hydroxyl groups is 2. The van der Waals surface area contributed by atoms with Crippen LogP contribution in [0.5, 0.6) is 11.6 Å². The molecule has 3 rings (SSSR count). The molecule has 0 aliphatic carbocycles. The lowest BCUT2D eigenvalue weighted by Crippen LogP contribution is -2.08. The van der Waals surface area contributed by atoms with Crippen LogP contribution < -0.4 is 0 Å². The predicted molar refractivity (Wildman–Crippen MR) is 71.1 cm³/mol. The van der Waals surface area contributed by atoms with Crippen molar-refractivity contribution in [3.63, 3.8) is 0 Å². The maximum absolute atomic E-state index is 13.0. The molecule has 0 radical (unpaired) electrons. The number of hydrogen-bond acceptors (Lipinski definition) is 5. The average molecular weight is 307 g/mol. The second kappa shape index (κ2) is 4.83. The van der Waals surface area contributed by atoms with Crippen molar-refractivity contribution in [3.05, 3.63) is 42.2 Å². The summed E-state index contributed by atoms with van der Waals surface area (Å²) in [6, 6.07) is 4.38. The lowest BCUT2D eigenvalue weighted by atomic mass is 10.1. The largest absolute Gasteiger partial charge is 0.505 e. The minimum atomic E-state index is -4.56. The molecule has 22 heavy (non-hydrogen) atoms. The summed E-state index contributed by atoms with van der Waals surface area (Å²) in [4.78, 5) is 11.4. The Bertz CT molecular complexity index is 866. The molecule has 2 N–H and O–H groups in total. The van der Waals surface area contributed by atoms with Crippen LogP contribution in [0.3, 0.4) is 0 Å². The molecule has 0 aliphatic heterocycles. The summed E-state index contributed by atoms with van der Waals surface area (Å²) in [5.74, 6) is -0.771. The number of alkyl halides is 3. The summed E-state index contributed by atoms with van der Waals surface area (Å²) in [5.41, 5.74) is -0.979. The van der Waals surface area contributed by atoms with E-state index in [9.17, 15) is 23.4 Å². The van der Waals surface area contributed by atoms with Crippen LogP contribution in [0.25, 0.3) is 22.3 Å². The van der Waals surface area contributed by atoms with E-state index in [4.69, 9.17) is 0 Å². The van der Waals surface area contributed by atoms with Gasteiger partial charge in [-0.25, -0.2) is 9.97 Å². The zero-order valence-corrected chi connectivity index (χ0v) is 10.8. The van der Waals surface area contributed by atoms with Crippen molar-refractivity contribution in [1.29, 1.82) is 0 Å². The summed E-state index contributed by atoms with van der Waals surface area (Å²) in [5, 5.41) is 19.0. The van der Waals surface area contributed by atoms with Crippen LogP contribution >= 0.6 is 0 Å². The van der Waals surface area contributed by atoms with E-state index < -0.39 is 17.6 Å². The van der Waals surface area contributed by atoms with Gasteiger partial charge < -0.3 is 10.2 Å². The quantitative estimate of drug-likeness (QED) is 0.722. The van der Waals surface area contributed by atoms with E-state index in [1.165, 1.54) is 24.5 Å². The number of fused-ring (bicyclic) bond motifs is 1. The molecule has 3 heterocycles. The van der Waals surface area contributed by atoms with E-state index in [-0.39, 0.29) is 28.0 Å². The highest BCUT2D eigenvalue weighted by atomic mass is 19.4. The van der Waals surface area contributed by atoms with Gasteiger partial charge in [-0.1, -0.05) is 0 Å². The van der Waals surface area contributed by atoms with Crippen LogP contribution in [-0.2, 0) is 6.18 Å². The SMILES string of the molecule is Oc1cc(O)c2ncc(-c3ncccc3C(F)(F)F)cc2n1. The Balaban J connectivity index is 2.24. The first kappa shape index (κ1) is 14.1. The van der Waals surface area contributed by atoms with Crippen molar-refractivity contribution in [2.45, 2.75) is 6.18 Å². The molecule has 0 saturated carbocycles. The Labute approximate surface area is 121 Å². The third kappa shape index (κ3) is 2.39. The molecule has 0 bridgehead atoms. The molecule has 0 saturated heterocycles. The van der Waals surface area contributed by atoms with Crippen LogP contribution in [0.1, 0.15) is 5.56 Å². The number of rotatable bonds is 1. The zero-order valence-electron chi connectivity index (χ0n) is 10.8. The summed E-state index contributed by atoms with van der Waals surface area (Å²) >= 11 is 0. The second-order valence-electron chi connectivity index (χ2n) is 4.49. The molecule has 0 unspecified atom stereocenters. The van der Waals surface area contributed by atoms with Gasteiger partial charge in [0.05, 0.1) is 16.8 Å². The molecule has 3 aromatic rings. The first-order valence-corrected chi connectivity index (χ1v) is 6.07. The third-order valence-corrected chi connectivity index (χ3v) is 3.00. The highest BCUT2D eigenvalue weighted by Crippen LogP contribution is 2.36. The number of aromatic nitrogens is 3. The molecular weight excluding hydrogens is 299 g/mol. The van der Waals surface area contributed by atoms with E-state index in [1.54, 1.807) is 0 Å². The normalized spacial score (nSPS) is 11.8. The average Bonchev–Trinajstić information content (AvgIpc) is 2.45. The number of hydrogen-bond donors (Lipinski definition) is 2. The Morgan fingerprint density at radius 2 is 1.82 bits per heavy atom. The fourth-order valence-corrected chi connectivity index (χ4v) is 2.08. The van der Waals surface area contributed by atoms with Crippen LogP contribution in [0.4, 0.5) is 13.2 Å². The lowest BCUT2D eigenvalue weighted by molar-refractivity contribution is -0.137. The number of nitrogens with zero attached hydrogens (tertiary/aromatic N) is 3. The molecule has 0 aliphatic rings. The molecule has 112 valence electrons. The number of pyridine rings is 3. The minimum absolute atomic E-state index is 0.0637. The van der Waals surface area contributed by atoms with Crippen molar-refractivity contribution < 1.29 is 23.4 Å². The maximum atomic E-state index is 13.0. The van der Waals surface area contributed by atoms with Crippen LogP contribution in [0.15, 0.2) is 36.7 Å². The van der Waals surface area contributed by atoms with Gasteiger partial charge in [0, 0.05) is 24.0 Å². The monoisotopic (exact) mass is 307 g/mol. The summed E-state index contributed by atoms with van der Waals surface area (Å²) in [6.07, 6.45) is -2.16. The molecule has 0 amide bonds. The number of halogens is 3. The lowest BCUT2D eigenvalue weighted by Gasteiger charge is -2.11. The standard InChI is InChI=1S/C14H8F3N3O2/c15-14(16,17)8-2-1-3-18-12(8)7-4-9-13(19-6-7)10(21)5-11(22)20-9/h1-6H,(H2,20,21,22). The Kier molecular flexibility index (Phi) is 3.09. The van der Waals surface area contributed by atoms with Crippen LogP contribution in [0.2, 0.25) is 0 Å². The Morgan fingerprint density at radius 3 is 2.55 bits per heavy atom. The second-order valence-corrected chi connectivity index (χ2v) is 4.49. The van der Waals surface area contributed by atoms with E-state index in [2.05, 4.69) is 15.0 Å². The van der Waals surface area contributed by atoms with Crippen molar-refractivity contribution in [3.8, 4) is 22.9 Å². The van der Waals surface area contributed by atoms with Gasteiger partial charge in [0.15, 0.2) is 0 Å². The van der Waals surface area contributed by atoms with Crippen LogP contribution in [-0.4, -0.2) is 25.2 Å². The van der Waals surface area contributed by atoms with Gasteiger partial charge in [0.25, 0.3) is 0 Å². The minimum Gasteiger partial charge on any atom is -0.505 e. The molecule has 0 atom stereocenters. The first-order valence-electron chi connectivity index (χ1n) is 6.07. The maximum Gasteiger partial charge on any atom is 0.418 e. The van der Waals surface area contributed by atoms with Gasteiger partial charge in [0.1, 0.15) is 11.3 Å². The topological polar surface area (TPSA) is 79.1 Å². The van der Waals surface area contributed by atoms with Gasteiger partial charge in [-0.3, -0.25) is 4.98 Å². The smallest absolute Gasteiger partial charge is 0.418 e. The summed E-state index contributed by atoms with van der Waals surface area (Å²) in [6.45, 7) is 0. The van der Waals surface area contributed by atoms with Crippen molar-refractivity contribution in [1.82, 2.24) is 15.0 Å². The van der Waals surface area contributed by atoms with E-state index >= 15 is 0 Å². The Hall–Kier alpha value is -2.90. The van der Waals surface area contributed by atoms with Crippen LogP contribution in [0, 0.1) is 0 Å². The highest BCUT2D eigenvalue weighted by molar-refractivity contribution is 5.85. The molecule has 5 nitrogen and oxygen atoms in total. The fourth-order valence-electron chi connectivity index (χ4n) is 2.08. The molecular formula is C14H8F3N3O2. The van der Waals surface area contributed by atoms with Gasteiger partial charge in [-0.15, -0.1) is 0 Å². The van der Waals surface area contributed by atoms with Crippen molar-refractivity contribution >= 4 is 11.0 Å².